The summed E-state index contributed by atoms with van der Waals surface area (Å²) in [5.74, 6) is -0.0284. The van der Waals surface area contributed by atoms with Crippen molar-refractivity contribution in [2.45, 2.75) is 38.6 Å². The number of nitrogens with one attached hydrogen (secondary N) is 1. The molecule has 1 unspecified atom stereocenters. The Balaban J connectivity index is 1.90. The highest BCUT2D eigenvalue weighted by Gasteiger charge is 2.43. The topological polar surface area (TPSA) is 67.6 Å². The third-order valence-corrected chi connectivity index (χ3v) is 4.97. The molecule has 2 rings (SSSR count). The van der Waals surface area contributed by atoms with Gasteiger partial charge in [-0.15, -0.1) is 0 Å². The molecule has 20 heavy (non-hydrogen) atoms. The summed E-state index contributed by atoms with van der Waals surface area (Å²) >= 11 is 5.14. The van der Waals surface area contributed by atoms with Crippen molar-refractivity contribution < 1.29 is 9.53 Å². The minimum atomic E-state index is -0.710. The van der Waals surface area contributed by atoms with Crippen LogP contribution in [0.4, 0.5) is 0 Å². The molecule has 6 heteroatoms. The van der Waals surface area contributed by atoms with Crippen LogP contribution in [0.3, 0.4) is 0 Å². The van der Waals surface area contributed by atoms with Crippen LogP contribution >= 0.6 is 12.2 Å². The molecule has 0 aromatic heterocycles. The fraction of sp³-hybridized carbons (Fsp3) is 0.857. The molecule has 0 saturated carbocycles. The van der Waals surface area contributed by atoms with Crippen molar-refractivity contribution in [3.05, 3.63) is 0 Å². The number of likely N-dealkylation sites (tertiary alicyclic amines) is 1. The predicted molar refractivity (Wildman–Crippen MR) is 82.6 cm³/mol. The Morgan fingerprint density at radius 3 is 2.55 bits per heavy atom. The molecule has 2 saturated heterocycles. The van der Waals surface area contributed by atoms with E-state index in [9.17, 15) is 4.79 Å². The fourth-order valence-electron chi connectivity index (χ4n) is 3.03. The molecule has 0 aromatic rings. The zero-order chi connectivity index (χ0) is 14.6. The summed E-state index contributed by atoms with van der Waals surface area (Å²) in [6, 6.07) is 0.365. The molecule has 2 aliphatic rings. The highest BCUT2D eigenvalue weighted by molar-refractivity contribution is 7.80. The van der Waals surface area contributed by atoms with Gasteiger partial charge in [-0.3, -0.25) is 9.69 Å². The number of ether oxygens (including phenoxy) is 1. The Bertz CT molecular complexity index is 363. The molecule has 2 heterocycles. The average Bonchev–Trinajstić information content (AvgIpc) is 2.99. The summed E-state index contributed by atoms with van der Waals surface area (Å²) in [5, 5.41) is 3.05. The Morgan fingerprint density at radius 2 is 2.00 bits per heavy atom. The molecule has 5 nitrogen and oxygen atoms in total. The van der Waals surface area contributed by atoms with E-state index in [0.29, 0.717) is 43.6 Å². The number of thiocarbonyl (C=S) groups is 1. The second-order valence-corrected chi connectivity index (χ2v) is 6.30. The molecule has 114 valence electrons. The molecule has 3 N–H and O–H groups in total. The summed E-state index contributed by atoms with van der Waals surface area (Å²) < 4.78 is 5.33. The van der Waals surface area contributed by atoms with Crippen molar-refractivity contribution >= 4 is 23.1 Å². The number of hydrogen-bond donors (Lipinski definition) is 2. The molecule has 2 fully saturated rings. The number of amides is 1. The third-order valence-electron chi connectivity index (χ3n) is 4.57. The van der Waals surface area contributed by atoms with Gasteiger partial charge in [0.25, 0.3) is 0 Å². The van der Waals surface area contributed by atoms with E-state index in [4.69, 9.17) is 22.7 Å². The van der Waals surface area contributed by atoms with E-state index in [0.717, 1.165) is 13.1 Å². The molecule has 1 amide bonds. The molecule has 0 aliphatic carbocycles. The zero-order valence-corrected chi connectivity index (χ0v) is 13.0. The standard InChI is InChI=1S/C14H25N3O2S/c1-11(17-6-2-3-7-17)10-16-13(18)14(12(15)20)4-8-19-9-5-14/h11H,2-10H2,1H3,(H2,15,20)(H,16,18). The summed E-state index contributed by atoms with van der Waals surface area (Å²) in [6.45, 7) is 6.17. The van der Waals surface area contributed by atoms with Gasteiger partial charge in [-0.1, -0.05) is 12.2 Å². The number of hydrogen-bond acceptors (Lipinski definition) is 4. The van der Waals surface area contributed by atoms with E-state index >= 15 is 0 Å². The highest BCUT2D eigenvalue weighted by atomic mass is 32.1. The van der Waals surface area contributed by atoms with Crippen LogP contribution in [0.25, 0.3) is 0 Å². The fourth-order valence-corrected chi connectivity index (χ4v) is 3.32. The summed E-state index contributed by atoms with van der Waals surface area (Å²) in [6.07, 6.45) is 3.69. The van der Waals surface area contributed by atoms with Crippen LogP contribution in [0, 0.1) is 5.41 Å². The summed E-state index contributed by atoms with van der Waals surface area (Å²) in [4.78, 5) is 15.2. The second-order valence-electron chi connectivity index (χ2n) is 5.86. The molecule has 2 aliphatic heterocycles. The van der Waals surface area contributed by atoms with Gasteiger partial charge in [0.05, 0.1) is 4.99 Å². The normalized spacial score (nSPS) is 24.2. The van der Waals surface area contributed by atoms with E-state index < -0.39 is 5.41 Å². The van der Waals surface area contributed by atoms with Gasteiger partial charge in [-0.25, -0.2) is 0 Å². The lowest BCUT2D eigenvalue weighted by Crippen LogP contribution is -2.53. The van der Waals surface area contributed by atoms with Crippen LogP contribution in [0.1, 0.15) is 32.6 Å². The van der Waals surface area contributed by atoms with E-state index in [1.165, 1.54) is 12.8 Å². The largest absolute Gasteiger partial charge is 0.392 e. The zero-order valence-electron chi connectivity index (χ0n) is 12.2. The lowest BCUT2D eigenvalue weighted by Gasteiger charge is -2.35. The minimum Gasteiger partial charge on any atom is -0.392 e. The Kier molecular flexibility index (Phi) is 5.35. The van der Waals surface area contributed by atoms with Crippen molar-refractivity contribution in [1.82, 2.24) is 10.2 Å². The minimum absolute atomic E-state index is 0.0284. The maximum Gasteiger partial charge on any atom is 0.233 e. The van der Waals surface area contributed by atoms with E-state index in [1.54, 1.807) is 0 Å². The molecule has 0 aromatic carbocycles. The van der Waals surface area contributed by atoms with Crippen molar-refractivity contribution in [3.8, 4) is 0 Å². The van der Waals surface area contributed by atoms with Crippen molar-refractivity contribution in [1.29, 1.82) is 0 Å². The van der Waals surface area contributed by atoms with Crippen LogP contribution in [0.15, 0.2) is 0 Å². The molecule has 0 radical (unpaired) electrons. The van der Waals surface area contributed by atoms with Gasteiger partial charge in [0.2, 0.25) is 5.91 Å². The van der Waals surface area contributed by atoms with E-state index in [-0.39, 0.29) is 5.91 Å². The van der Waals surface area contributed by atoms with Gasteiger partial charge in [0, 0.05) is 25.8 Å². The number of carbonyl (C=O) groups excluding carboxylic acids is 1. The van der Waals surface area contributed by atoms with Crippen LogP contribution in [0.2, 0.25) is 0 Å². The SMILES string of the molecule is CC(CNC(=O)C1(C(N)=S)CCOCC1)N1CCCC1. The molecule has 0 bridgehead atoms. The van der Waals surface area contributed by atoms with E-state index in [2.05, 4.69) is 17.1 Å². The predicted octanol–water partition coefficient (Wildman–Crippen LogP) is 0.670. The first-order valence-electron chi connectivity index (χ1n) is 7.46. The van der Waals surface area contributed by atoms with Crippen LogP contribution < -0.4 is 11.1 Å². The van der Waals surface area contributed by atoms with Gasteiger partial charge in [-0.2, -0.15) is 0 Å². The number of carbonyl (C=O) groups is 1. The van der Waals surface area contributed by atoms with Gasteiger partial charge < -0.3 is 15.8 Å². The lowest BCUT2D eigenvalue weighted by atomic mass is 9.79. The quantitative estimate of drug-likeness (QED) is 0.730. The van der Waals surface area contributed by atoms with Crippen LogP contribution in [0.5, 0.6) is 0 Å². The molecular weight excluding hydrogens is 274 g/mol. The average molecular weight is 299 g/mol. The van der Waals surface area contributed by atoms with Gasteiger partial charge in [-0.05, 0) is 45.7 Å². The third kappa shape index (κ3) is 3.30. The summed E-state index contributed by atoms with van der Waals surface area (Å²) in [5.41, 5.74) is 5.13. The first kappa shape index (κ1) is 15.7. The number of nitrogens with two attached hydrogens (primary N) is 1. The van der Waals surface area contributed by atoms with Crippen LogP contribution in [-0.4, -0.2) is 54.7 Å². The highest BCUT2D eigenvalue weighted by Crippen LogP contribution is 2.31. The van der Waals surface area contributed by atoms with Crippen LogP contribution in [-0.2, 0) is 9.53 Å². The maximum atomic E-state index is 12.5. The molecule has 1 atom stereocenters. The monoisotopic (exact) mass is 299 g/mol. The van der Waals surface area contributed by atoms with Crippen molar-refractivity contribution in [2.24, 2.45) is 11.1 Å². The smallest absolute Gasteiger partial charge is 0.233 e. The Hall–Kier alpha value is -0.720. The molecular formula is C14H25N3O2S. The Morgan fingerprint density at radius 1 is 1.40 bits per heavy atom. The second kappa shape index (κ2) is 6.83. The first-order chi connectivity index (χ1) is 9.56. The molecule has 0 spiro atoms. The van der Waals surface area contributed by atoms with Crippen molar-refractivity contribution in [3.63, 3.8) is 0 Å². The lowest BCUT2D eigenvalue weighted by molar-refractivity contribution is -0.131. The number of rotatable bonds is 5. The van der Waals surface area contributed by atoms with Gasteiger partial charge in [0.15, 0.2) is 0 Å². The van der Waals surface area contributed by atoms with Gasteiger partial charge >= 0.3 is 0 Å². The summed E-state index contributed by atoms with van der Waals surface area (Å²) in [7, 11) is 0. The van der Waals surface area contributed by atoms with Gasteiger partial charge in [0.1, 0.15) is 5.41 Å². The Labute approximate surface area is 126 Å². The first-order valence-corrected chi connectivity index (χ1v) is 7.87. The van der Waals surface area contributed by atoms with E-state index in [1.807, 2.05) is 0 Å². The maximum absolute atomic E-state index is 12.5. The van der Waals surface area contributed by atoms with Crippen molar-refractivity contribution in [2.75, 3.05) is 32.8 Å². The number of nitrogens with zero attached hydrogens (tertiary/aromatic N) is 1.